The number of aromatic nitrogens is 4. The molecule has 0 N–H and O–H groups in total. The van der Waals surface area contributed by atoms with Crippen LogP contribution in [0.4, 0.5) is 16.3 Å². The zero-order valence-electron chi connectivity index (χ0n) is 17.6. The SMILES string of the molecule is Cc1cc(C)nc(N2CCOC(c3nc(N(C)C)ncc3-c3cccc(F)c3)C2)n1. The fourth-order valence-electron chi connectivity index (χ4n) is 3.57. The van der Waals surface area contributed by atoms with Crippen molar-refractivity contribution in [1.82, 2.24) is 19.9 Å². The van der Waals surface area contributed by atoms with Crippen LogP contribution in [0.5, 0.6) is 0 Å². The molecule has 1 saturated heterocycles. The van der Waals surface area contributed by atoms with Crippen LogP contribution in [0.3, 0.4) is 0 Å². The van der Waals surface area contributed by atoms with Crippen LogP contribution in [-0.2, 0) is 4.74 Å². The Balaban J connectivity index is 1.73. The molecule has 156 valence electrons. The number of halogens is 1. The maximum absolute atomic E-state index is 13.9. The number of anilines is 2. The molecule has 1 atom stereocenters. The number of hydrogen-bond donors (Lipinski definition) is 0. The van der Waals surface area contributed by atoms with Crippen molar-refractivity contribution in [3.05, 3.63) is 59.4 Å². The molecule has 0 aliphatic carbocycles. The molecule has 1 unspecified atom stereocenters. The topological polar surface area (TPSA) is 67.3 Å². The largest absolute Gasteiger partial charge is 0.368 e. The van der Waals surface area contributed by atoms with E-state index in [4.69, 9.17) is 9.72 Å². The van der Waals surface area contributed by atoms with E-state index in [0.717, 1.165) is 28.2 Å². The molecule has 0 spiro atoms. The lowest BCUT2D eigenvalue weighted by Gasteiger charge is -2.33. The summed E-state index contributed by atoms with van der Waals surface area (Å²) in [7, 11) is 3.77. The van der Waals surface area contributed by atoms with Crippen LogP contribution in [0, 0.1) is 19.7 Å². The van der Waals surface area contributed by atoms with Crippen molar-refractivity contribution in [1.29, 1.82) is 0 Å². The lowest BCUT2D eigenvalue weighted by atomic mass is 10.0. The van der Waals surface area contributed by atoms with Crippen LogP contribution in [0.2, 0.25) is 0 Å². The molecule has 1 aliphatic rings. The Bertz CT molecular complexity index is 1040. The third kappa shape index (κ3) is 4.23. The second-order valence-electron chi connectivity index (χ2n) is 7.63. The van der Waals surface area contributed by atoms with Crippen molar-refractivity contribution < 1.29 is 9.13 Å². The van der Waals surface area contributed by atoms with E-state index in [1.807, 2.05) is 45.0 Å². The molecule has 1 aliphatic heterocycles. The van der Waals surface area contributed by atoms with Gasteiger partial charge in [0.2, 0.25) is 11.9 Å². The van der Waals surface area contributed by atoms with E-state index in [1.54, 1.807) is 12.3 Å². The molecule has 2 aromatic heterocycles. The van der Waals surface area contributed by atoms with Gasteiger partial charge >= 0.3 is 0 Å². The second kappa shape index (κ2) is 8.31. The molecule has 0 saturated carbocycles. The van der Waals surface area contributed by atoms with Crippen molar-refractivity contribution in [2.75, 3.05) is 43.6 Å². The molecule has 0 radical (unpaired) electrons. The summed E-state index contributed by atoms with van der Waals surface area (Å²) in [6, 6.07) is 8.41. The molecule has 3 heterocycles. The summed E-state index contributed by atoms with van der Waals surface area (Å²) in [5.74, 6) is 0.966. The molecule has 3 aromatic rings. The smallest absolute Gasteiger partial charge is 0.225 e. The van der Waals surface area contributed by atoms with E-state index < -0.39 is 0 Å². The summed E-state index contributed by atoms with van der Waals surface area (Å²) in [6.07, 6.45) is 1.42. The van der Waals surface area contributed by atoms with E-state index in [1.165, 1.54) is 12.1 Å². The Morgan fingerprint density at radius 2 is 1.87 bits per heavy atom. The average Bonchev–Trinajstić information content (AvgIpc) is 2.72. The minimum Gasteiger partial charge on any atom is -0.368 e. The fourth-order valence-corrected chi connectivity index (χ4v) is 3.57. The van der Waals surface area contributed by atoms with Crippen LogP contribution < -0.4 is 9.80 Å². The number of hydrogen-bond acceptors (Lipinski definition) is 7. The van der Waals surface area contributed by atoms with Gasteiger partial charge in [0.05, 0.1) is 18.8 Å². The van der Waals surface area contributed by atoms with Gasteiger partial charge in [-0.3, -0.25) is 0 Å². The van der Waals surface area contributed by atoms with Gasteiger partial charge in [-0.05, 0) is 37.6 Å². The number of nitrogens with zero attached hydrogens (tertiary/aromatic N) is 6. The van der Waals surface area contributed by atoms with E-state index >= 15 is 0 Å². The first kappa shape index (κ1) is 20.2. The van der Waals surface area contributed by atoms with E-state index in [-0.39, 0.29) is 11.9 Å². The van der Waals surface area contributed by atoms with E-state index in [0.29, 0.717) is 31.6 Å². The minimum absolute atomic E-state index is 0.301. The van der Waals surface area contributed by atoms with Crippen molar-refractivity contribution in [2.24, 2.45) is 0 Å². The van der Waals surface area contributed by atoms with Gasteiger partial charge in [-0.15, -0.1) is 0 Å². The summed E-state index contributed by atoms with van der Waals surface area (Å²) in [5, 5.41) is 0. The summed E-state index contributed by atoms with van der Waals surface area (Å²) in [4.78, 5) is 22.3. The summed E-state index contributed by atoms with van der Waals surface area (Å²) < 4.78 is 20.0. The van der Waals surface area contributed by atoms with Crippen molar-refractivity contribution in [3.63, 3.8) is 0 Å². The molecule has 30 heavy (non-hydrogen) atoms. The molecule has 8 heteroatoms. The Kier molecular flexibility index (Phi) is 5.59. The number of rotatable bonds is 4. The van der Waals surface area contributed by atoms with E-state index in [9.17, 15) is 4.39 Å². The Morgan fingerprint density at radius 3 is 2.57 bits per heavy atom. The molecule has 4 rings (SSSR count). The number of ether oxygens (including phenoxy) is 1. The minimum atomic E-state index is -0.317. The predicted molar refractivity (Wildman–Crippen MR) is 114 cm³/mol. The first-order chi connectivity index (χ1) is 14.4. The molecule has 0 bridgehead atoms. The van der Waals surface area contributed by atoms with Gasteiger partial charge in [0, 0.05) is 43.8 Å². The molecular formula is C22H25FN6O. The van der Waals surface area contributed by atoms with Crippen LogP contribution in [-0.4, -0.2) is 53.7 Å². The zero-order valence-corrected chi connectivity index (χ0v) is 17.6. The maximum Gasteiger partial charge on any atom is 0.225 e. The average molecular weight is 408 g/mol. The summed E-state index contributed by atoms with van der Waals surface area (Å²) in [5.41, 5.74) is 4.07. The zero-order chi connectivity index (χ0) is 21.3. The number of aryl methyl sites for hydroxylation is 2. The lowest BCUT2D eigenvalue weighted by molar-refractivity contribution is 0.0368. The summed E-state index contributed by atoms with van der Waals surface area (Å²) >= 11 is 0. The Morgan fingerprint density at radius 1 is 1.10 bits per heavy atom. The van der Waals surface area contributed by atoms with Crippen molar-refractivity contribution in [3.8, 4) is 11.1 Å². The van der Waals surface area contributed by atoms with Crippen molar-refractivity contribution >= 4 is 11.9 Å². The number of benzene rings is 1. The third-order valence-electron chi connectivity index (χ3n) is 4.97. The molecule has 0 amide bonds. The fraction of sp³-hybridized carbons (Fsp3) is 0.364. The van der Waals surface area contributed by atoms with Gasteiger partial charge in [-0.2, -0.15) is 0 Å². The van der Waals surface area contributed by atoms with Gasteiger partial charge in [0.15, 0.2) is 0 Å². The van der Waals surface area contributed by atoms with Gasteiger partial charge < -0.3 is 14.5 Å². The number of morpholine rings is 1. The molecular weight excluding hydrogens is 383 g/mol. The molecule has 7 nitrogen and oxygen atoms in total. The second-order valence-corrected chi connectivity index (χ2v) is 7.63. The standard InChI is InChI=1S/C22H25FN6O/c1-14-10-15(2)26-22(25-14)29-8-9-30-19(13-29)20-18(12-24-21(27-20)28(3)4)16-6-5-7-17(23)11-16/h5-7,10-12,19H,8-9,13H2,1-4H3. The van der Waals surface area contributed by atoms with Gasteiger partial charge in [-0.1, -0.05) is 12.1 Å². The maximum atomic E-state index is 13.9. The first-order valence-electron chi connectivity index (χ1n) is 9.90. The normalized spacial score (nSPS) is 16.6. The van der Waals surface area contributed by atoms with Gasteiger partial charge in [-0.25, -0.2) is 24.3 Å². The predicted octanol–water partition coefficient (Wildman–Crippen LogP) is 3.33. The highest BCUT2D eigenvalue weighted by molar-refractivity contribution is 5.66. The highest BCUT2D eigenvalue weighted by atomic mass is 19.1. The Labute approximate surface area is 175 Å². The lowest BCUT2D eigenvalue weighted by Crippen LogP contribution is -2.40. The summed E-state index contributed by atoms with van der Waals surface area (Å²) in [6.45, 7) is 5.69. The monoisotopic (exact) mass is 408 g/mol. The van der Waals surface area contributed by atoms with Crippen molar-refractivity contribution in [2.45, 2.75) is 20.0 Å². The van der Waals surface area contributed by atoms with Crippen LogP contribution >= 0.6 is 0 Å². The highest BCUT2D eigenvalue weighted by Gasteiger charge is 2.28. The molecule has 1 fully saturated rings. The quantitative estimate of drug-likeness (QED) is 0.656. The van der Waals surface area contributed by atoms with Gasteiger partial charge in [0.25, 0.3) is 0 Å². The first-order valence-corrected chi connectivity index (χ1v) is 9.90. The molecule has 1 aromatic carbocycles. The van der Waals surface area contributed by atoms with E-state index in [2.05, 4.69) is 19.9 Å². The van der Waals surface area contributed by atoms with Crippen LogP contribution in [0.15, 0.2) is 36.5 Å². The third-order valence-corrected chi connectivity index (χ3v) is 4.97. The van der Waals surface area contributed by atoms with Gasteiger partial charge in [0.1, 0.15) is 11.9 Å². The van der Waals surface area contributed by atoms with Crippen LogP contribution in [0.25, 0.3) is 11.1 Å². The highest BCUT2D eigenvalue weighted by Crippen LogP contribution is 2.32. The van der Waals surface area contributed by atoms with Crippen LogP contribution in [0.1, 0.15) is 23.2 Å². The Hall–Kier alpha value is -3.13.